The third-order valence-electron chi connectivity index (χ3n) is 2.97. The Morgan fingerprint density at radius 1 is 1.25 bits per heavy atom. The largest absolute Gasteiger partial charge is 0.338 e. The number of nitrogens with one attached hydrogen (secondary N) is 1. The molecule has 0 unspecified atom stereocenters. The molecule has 16 heavy (non-hydrogen) atoms. The first-order valence-electron chi connectivity index (χ1n) is 5.61. The Labute approximate surface area is 94.3 Å². The van der Waals surface area contributed by atoms with E-state index in [9.17, 15) is 4.79 Å². The minimum Gasteiger partial charge on any atom is -0.338 e. The van der Waals surface area contributed by atoms with Crippen molar-refractivity contribution in [2.75, 3.05) is 37.6 Å². The molecule has 1 N–H and O–H groups in total. The summed E-state index contributed by atoms with van der Waals surface area (Å²) in [5.41, 5.74) is 0.263. The second-order valence-corrected chi connectivity index (χ2v) is 3.98. The minimum atomic E-state index is -0.150. The number of rotatable bonds is 2. The van der Waals surface area contributed by atoms with Gasteiger partial charge in [0.15, 0.2) is 0 Å². The summed E-state index contributed by atoms with van der Waals surface area (Å²) in [6, 6.07) is 0. The van der Waals surface area contributed by atoms with Crippen molar-refractivity contribution in [3.8, 4) is 0 Å². The van der Waals surface area contributed by atoms with E-state index < -0.39 is 0 Å². The smallest absolute Gasteiger partial charge is 0.273 e. The summed E-state index contributed by atoms with van der Waals surface area (Å²) in [6.07, 6.45) is 0. The second-order valence-electron chi connectivity index (χ2n) is 3.98. The van der Waals surface area contributed by atoms with Gasteiger partial charge in [-0.2, -0.15) is 0 Å². The van der Waals surface area contributed by atoms with Crippen molar-refractivity contribution in [2.24, 2.45) is 0 Å². The van der Waals surface area contributed by atoms with E-state index in [1.54, 1.807) is 6.92 Å². The highest BCUT2D eigenvalue weighted by Gasteiger charge is 2.17. The van der Waals surface area contributed by atoms with Gasteiger partial charge >= 0.3 is 0 Å². The van der Waals surface area contributed by atoms with Gasteiger partial charge in [0.05, 0.1) is 0 Å². The lowest BCUT2D eigenvalue weighted by Gasteiger charge is -2.33. The molecule has 0 radical (unpaired) electrons. The van der Waals surface area contributed by atoms with Crippen LogP contribution in [0.1, 0.15) is 12.6 Å². The molecule has 2 heterocycles. The Hall–Kier alpha value is -1.43. The van der Waals surface area contributed by atoms with Gasteiger partial charge in [0.2, 0.25) is 5.95 Å². The quantitative estimate of drug-likeness (QED) is 0.740. The lowest BCUT2D eigenvalue weighted by Crippen LogP contribution is -2.47. The van der Waals surface area contributed by atoms with Crippen LogP contribution in [0.15, 0.2) is 4.79 Å². The molecule has 0 aromatic carbocycles. The first-order chi connectivity index (χ1) is 7.70. The van der Waals surface area contributed by atoms with Crippen LogP contribution in [0.4, 0.5) is 5.95 Å². The van der Waals surface area contributed by atoms with E-state index in [2.05, 4.69) is 31.9 Å². The molecule has 1 aromatic heterocycles. The maximum Gasteiger partial charge on any atom is 0.273 e. The highest BCUT2D eigenvalue weighted by Crippen LogP contribution is 2.07. The predicted molar refractivity (Wildman–Crippen MR) is 61.7 cm³/mol. The van der Waals surface area contributed by atoms with E-state index in [0.29, 0.717) is 11.6 Å². The fraction of sp³-hybridized carbons (Fsp3) is 0.700. The molecule has 1 aliphatic heterocycles. The molecule has 1 aliphatic rings. The molecule has 0 spiro atoms. The molecule has 0 atom stereocenters. The number of nitrogens with zero attached hydrogens (tertiary/aromatic N) is 4. The highest BCUT2D eigenvalue weighted by molar-refractivity contribution is 5.28. The first kappa shape index (κ1) is 11.1. The predicted octanol–water partition coefficient (Wildman–Crippen LogP) is -0.385. The van der Waals surface area contributed by atoms with Crippen LogP contribution in [0.25, 0.3) is 0 Å². The van der Waals surface area contributed by atoms with E-state index in [4.69, 9.17) is 0 Å². The van der Waals surface area contributed by atoms with Crippen LogP contribution in [0, 0.1) is 6.92 Å². The standard InChI is InChI=1S/C10H17N5O/c1-3-14-4-6-15(7-5-14)10-11-9(16)8(2)12-13-10/h3-7H2,1-2H3,(H,11,13,16). The van der Waals surface area contributed by atoms with Gasteiger partial charge in [-0.25, -0.2) is 0 Å². The van der Waals surface area contributed by atoms with Crippen molar-refractivity contribution >= 4 is 5.95 Å². The van der Waals surface area contributed by atoms with Crippen LogP contribution < -0.4 is 10.5 Å². The van der Waals surface area contributed by atoms with Crippen molar-refractivity contribution in [2.45, 2.75) is 13.8 Å². The van der Waals surface area contributed by atoms with E-state index in [0.717, 1.165) is 32.7 Å². The van der Waals surface area contributed by atoms with Crippen molar-refractivity contribution in [1.82, 2.24) is 20.1 Å². The summed E-state index contributed by atoms with van der Waals surface area (Å²) in [4.78, 5) is 18.6. The lowest BCUT2D eigenvalue weighted by atomic mass is 10.3. The average molecular weight is 223 g/mol. The van der Waals surface area contributed by atoms with Crippen LogP contribution in [-0.4, -0.2) is 52.8 Å². The van der Waals surface area contributed by atoms with Crippen LogP contribution in [0.2, 0.25) is 0 Å². The van der Waals surface area contributed by atoms with Crippen LogP contribution in [0.5, 0.6) is 0 Å². The number of aromatic nitrogens is 3. The summed E-state index contributed by atoms with van der Waals surface area (Å²) in [7, 11) is 0. The van der Waals surface area contributed by atoms with Gasteiger partial charge in [-0.05, 0) is 13.5 Å². The molecule has 0 bridgehead atoms. The molecule has 2 rings (SSSR count). The molecule has 0 amide bonds. The number of piperazine rings is 1. The molecule has 1 aromatic rings. The highest BCUT2D eigenvalue weighted by atomic mass is 16.1. The second kappa shape index (κ2) is 4.61. The summed E-state index contributed by atoms with van der Waals surface area (Å²) in [5, 5.41) is 7.86. The molecular formula is C10H17N5O. The van der Waals surface area contributed by atoms with E-state index in [1.165, 1.54) is 0 Å². The molecule has 88 valence electrons. The lowest BCUT2D eigenvalue weighted by molar-refractivity contribution is 0.269. The van der Waals surface area contributed by atoms with Crippen LogP contribution in [-0.2, 0) is 0 Å². The maximum absolute atomic E-state index is 11.4. The number of aromatic amines is 1. The molecule has 6 heteroatoms. The molecule has 0 saturated carbocycles. The first-order valence-corrected chi connectivity index (χ1v) is 5.61. The van der Waals surface area contributed by atoms with Gasteiger partial charge in [0, 0.05) is 26.2 Å². The van der Waals surface area contributed by atoms with Crippen molar-refractivity contribution < 1.29 is 0 Å². The Kier molecular flexibility index (Phi) is 3.19. The monoisotopic (exact) mass is 223 g/mol. The Bertz CT molecular complexity index is 408. The Balaban J connectivity index is 2.08. The Morgan fingerprint density at radius 2 is 1.94 bits per heavy atom. The van der Waals surface area contributed by atoms with Gasteiger partial charge < -0.3 is 9.80 Å². The molecular weight excluding hydrogens is 206 g/mol. The number of hydrogen-bond donors (Lipinski definition) is 1. The maximum atomic E-state index is 11.4. The zero-order chi connectivity index (χ0) is 11.5. The summed E-state index contributed by atoms with van der Waals surface area (Å²) >= 11 is 0. The van der Waals surface area contributed by atoms with Gasteiger partial charge in [-0.1, -0.05) is 6.92 Å². The molecule has 1 saturated heterocycles. The van der Waals surface area contributed by atoms with Gasteiger partial charge in [-0.3, -0.25) is 9.78 Å². The summed E-state index contributed by atoms with van der Waals surface area (Å²) in [6.45, 7) is 8.68. The third-order valence-corrected chi connectivity index (χ3v) is 2.97. The fourth-order valence-electron chi connectivity index (χ4n) is 1.80. The minimum absolute atomic E-state index is 0.150. The molecule has 0 aliphatic carbocycles. The van der Waals surface area contributed by atoms with Crippen LogP contribution >= 0.6 is 0 Å². The topological polar surface area (TPSA) is 65.1 Å². The van der Waals surface area contributed by atoms with Gasteiger partial charge in [-0.15, -0.1) is 10.2 Å². The van der Waals surface area contributed by atoms with Crippen molar-refractivity contribution in [3.63, 3.8) is 0 Å². The van der Waals surface area contributed by atoms with E-state index in [-0.39, 0.29) is 5.56 Å². The van der Waals surface area contributed by atoms with E-state index in [1.807, 2.05) is 0 Å². The number of likely N-dealkylation sites (N-methyl/N-ethyl adjacent to an activating group) is 1. The fourth-order valence-corrected chi connectivity index (χ4v) is 1.80. The van der Waals surface area contributed by atoms with Gasteiger partial charge in [0.1, 0.15) is 5.69 Å². The Morgan fingerprint density at radius 3 is 2.50 bits per heavy atom. The summed E-state index contributed by atoms with van der Waals surface area (Å²) in [5.74, 6) is 0.589. The zero-order valence-electron chi connectivity index (χ0n) is 9.73. The zero-order valence-corrected chi connectivity index (χ0v) is 9.73. The number of H-pyrrole nitrogens is 1. The van der Waals surface area contributed by atoms with Crippen molar-refractivity contribution in [3.05, 3.63) is 16.0 Å². The normalized spacial score (nSPS) is 17.8. The average Bonchev–Trinajstić information content (AvgIpc) is 2.33. The number of anilines is 1. The molecule has 1 fully saturated rings. The van der Waals surface area contributed by atoms with Crippen LogP contribution in [0.3, 0.4) is 0 Å². The summed E-state index contributed by atoms with van der Waals surface area (Å²) < 4.78 is 0. The van der Waals surface area contributed by atoms with Crippen molar-refractivity contribution in [1.29, 1.82) is 0 Å². The number of hydrogen-bond acceptors (Lipinski definition) is 5. The molecule has 6 nitrogen and oxygen atoms in total. The number of aryl methyl sites for hydroxylation is 1. The van der Waals surface area contributed by atoms with Gasteiger partial charge in [0.25, 0.3) is 5.56 Å². The SMILES string of the molecule is CCN1CCN(c2nnc(C)c(=O)[nH]2)CC1. The third kappa shape index (κ3) is 2.21. The van der Waals surface area contributed by atoms with E-state index >= 15 is 0 Å².